The molecule has 0 radical (unpaired) electrons. The number of benzene rings is 2. The monoisotopic (exact) mass is 549 g/mol. The van der Waals surface area contributed by atoms with Gasteiger partial charge in [0.15, 0.2) is 17.3 Å². The predicted octanol–water partition coefficient (Wildman–Crippen LogP) is 4.30. The normalized spacial score (nSPS) is 15.3. The van der Waals surface area contributed by atoms with Crippen molar-refractivity contribution in [2.75, 3.05) is 45.7 Å². The van der Waals surface area contributed by atoms with Crippen LogP contribution in [0.25, 0.3) is 0 Å². The Kier molecular flexibility index (Phi) is 9.37. The van der Waals surface area contributed by atoms with Gasteiger partial charge in [-0.3, -0.25) is 14.5 Å². The van der Waals surface area contributed by atoms with Crippen molar-refractivity contribution in [2.24, 2.45) is 0 Å². The van der Waals surface area contributed by atoms with Crippen LogP contribution < -0.4 is 20.4 Å². The Balaban J connectivity index is 1.60. The van der Waals surface area contributed by atoms with Gasteiger partial charge in [0.05, 0.1) is 19.1 Å². The number of likely N-dealkylation sites (tertiary alicyclic amines) is 1. The van der Waals surface area contributed by atoms with Gasteiger partial charge in [-0.1, -0.05) is 24.6 Å². The lowest BCUT2D eigenvalue weighted by atomic mass is 9.91. The second-order valence-electron chi connectivity index (χ2n) is 10.5. The Morgan fingerprint density at radius 2 is 1.73 bits per heavy atom. The number of anilines is 1. The van der Waals surface area contributed by atoms with Crippen molar-refractivity contribution in [3.63, 3.8) is 0 Å². The minimum absolute atomic E-state index is 0.000234. The zero-order valence-electron chi connectivity index (χ0n) is 23.6. The molecule has 0 aliphatic carbocycles. The molecule has 2 heterocycles. The maximum absolute atomic E-state index is 13.4. The van der Waals surface area contributed by atoms with Gasteiger partial charge in [0.25, 0.3) is 0 Å². The molecule has 1 amide bonds. The number of amides is 1. The summed E-state index contributed by atoms with van der Waals surface area (Å²) >= 11 is 0. The van der Waals surface area contributed by atoms with Gasteiger partial charge in [0, 0.05) is 38.8 Å². The quantitative estimate of drug-likeness (QED) is 0.343. The van der Waals surface area contributed by atoms with E-state index in [0.717, 1.165) is 37.2 Å². The number of nitrogens with zero attached hydrogens (tertiary/aromatic N) is 2. The van der Waals surface area contributed by atoms with Crippen LogP contribution in [0.5, 0.6) is 17.2 Å². The van der Waals surface area contributed by atoms with E-state index in [2.05, 4.69) is 39.4 Å². The second-order valence-corrected chi connectivity index (χ2v) is 10.5. The molecular formula is C31H39N3O6. The maximum atomic E-state index is 13.4. The number of hydrogen-bond donors (Lipinski definition) is 3. The van der Waals surface area contributed by atoms with Gasteiger partial charge in [-0.15, -0.1) is 0 Å². The van der Waals surface area contributed by atoms with Gasteiger partial charge in [0.2, 0.25) is 17.1 Å². The standard InChI is InChI=1S/C31H39N3O6/c1-20-16-27(36)30(38)31(40-20)24(22-10-13-26(35)28(17-22)39-4)18-29(37)32-19-25(34-14-6-5-7-15-34)21-8-11-23(12-9-21)33(2)3/h8-13,16-17,24-25,35,38H,5-7,14-15,18-19H2,1-4H3,(H,32,37). The lowest BCUT2D eigenvalue weighted by molar-refractivity contribution is -0.121. The van der Waals surface area contributed by atoms with E-state index in [9.17, 15) is 19.8 Å². The number of nitrogens with one attached hydrogen (secondary N) is 1. The Morgan fingerprint density at radius 3 is 2.38 bits per heavy atom. The number of aryl methyl sites for hydroxylation is 1. The van der Waals surface area contributed by atoms with E-state index >= 15 is 0 Å². The fourth-order valence-corrected chi connectivity index (χ4v) is 5.29. The first-order valence-corrected chi connectivity index (χ1v) is 13.7. The Labute approximate surface area is 235 Å². The molecule has 3 N–H and O–H groups in total. The van der Waals surface area contributed by atoms with Crippen molar-refractivity contribution in [2.45, 2.75) is 44.6 Å². The minimum Gasteiger partial charge on any atom is -0.504 e. The number of aromatic hydroxyl groups is 2. The van der Waals surface area contributed by atoms with Gasteiger partial charge in [-0.05, 0) is 68.2 Å². The van der Waals surface area contributed by atoms with Crippen molar-refractivity contribution in [3.05, 3.63) is 81.4 Å². The molecule has 0 bridgehead atoms. The van der Waals surface area contributed by atoms with E-state index in [1.807, 2.05) is 14.1 Å². The third kappa shape index (κ3) is 6.77. The Bertz CT molecular complexity index is 1360. The minimum atomic E-state index is -0.782. The van der Waals surface area contributed by atoms with Crippen LogP contribution in [0.3, 0.4) is 0 Å². The zero-order chi connectivity index (χ0) is 28.8. The number of phenols is 1. The van der Waals surface area contributed by atoms with Crippen LogP contribution in [-0.4, -0.2) is 61.9 Å². The van der Waals surface area contributed by atoms with Crippen LogP contribution in [0.2, 0.25) is 0 Å². The summed E-state index contributed by atoms with van der Waals surface area (Å²) in [6.07, 6.45) is 3.37. The van der Waals surface area contributed by atoms with Gasteiger partial charge in [0.1, 0.15) is 5.76 Å². The molecule has 2 atom stereocenters. The zero-order valence-corrected chi connectivity index (χ0v) is 23.6. The van der Waals surface area contributed by atoms with E-state index in [4.69, 9.17) is 9.15 Å². The number of phenolic OH excluding ortho intramolecular Hbond substituents is 1. The number of methoxy groups -OCH3 is 1. The number of carbonyl (C=O) groups excluding carboxylic acids is 1. The highest BCUT2D eigenvalue weighted by molar-refractivity contribution is 5.77. The smallest absolute Gasteiger partial charge is 0.227 e. The van der Waals surface area contributed by atoms with E-state index < -0.39 is 17.1 Å². The van der Waals surface area contributed by atoms with Crippen LogP contribution in [0.15, 0.2) is 57.7 Å². The average molecular weight is 550 g/mol. The maximum Gasteiger partial charge on any atom is 0.227 e. The lowest BCUT2D eigenvalue weighted by Crippen LogP contribution is -2.41. The molecule has 1 aromatic heterocycles. The fraction of sp³-hybridized carbons (Fsp3) is 0.419. The molecule has 0 spiro atoms. The van der Waals surface area contributed by atoms with Crippen molar-refractivity contribution in [3.8, 4) is 17.2 Å². The summed E-state index contributed by atoms with van der Waals surface area (Å²) in [5.41, 5.74) is 2.22. The van der Waals surface area contributed by atoms with Gasteiger partial charge < -0.3 is 29.6 Å². The molecule has 4 rings (SSSR count). The highest BCUT2D eigenvalue weighted by Gasteiger charge is 2.28. The third-order valence-electron chi connectivity index (χ3n) is 7.50. The van der Waals surface area contributed by atoms with Gasteiger partial charge in [-0.25, -0.2) is 0 Å². The summed E-state index contributed by atoms with van der Waals surface area (Å²) in [5.74, 6) is -1.11. The van der Waals surface area contributed by atoms with Gasteiger partial charge >= 0.3 is 0 Å². The summed E-state index contributed by atoms with van der Waals surface area (Å²) in [6.45, 7) is 3.96. The molecule has 9 heteroatoms. The predicted molar refractivity (Wildman–Crippen MR) is 154 cm³/mol. The van der Waals surface area contributed by atoms with Crippen LogP contribution in [0.1, 0.15) is 60.3 Å². The van der Waals surface area contributed by atoms with Crippen molar-refractivity contribution in [1.82, 2.24) is 10.2 Å². The summed E-state index contributed by atoms with van der Waals surface area (Å²) < 4.78 is 11.0. The summed E-state index contributed by atoms with van der Waals surface area (Å²) in [7, 11) is 5.44. The van der Waals surface area contributed by atoms with Crippen LogP contribution in [0.4, 0.5) is 5.69 Å². The first kappa shape index (κ1) is 29.0. The van der Waals surface area contributed by atoms with E-state index in [1.54, 1.807) is 19.1 Å². The fourth-order valence-electron chi connectivity index (χ4n) is 5.29. The van der Waals surface area contributed by atoms with Crippen molar-refractivity contribution in [1.29, 1.82) is 0 Å². The summed E-state index contributed by atoms with van der Waals surface area (Å²) in [4.78, 5) is 30.3. The largest absolute Gasteiger partial charge is 0.504 e. The van der Waals surface area contributed by atoms with E-state index in [-0.39, 0.29) is 35.6 Å². The highest BCUT2D eigenvalue weighted by Crippen LogP contribution is 2.37. The first-order chi connectivity index (χ1) is 19.2. The number of piperidine rings is 1. The van der Waals surface area contributed by atoms with Crippen LogP contribution in [0, 0.1) is 6.92 Å². The molecule has 1 saturated heterocycles. The van der Waals surface area contributed by atoms with Crippen LogP contribution in [-0.2, 0) is 4.79 Å². The highest BCUT2D eigenvalue weighted by atomic mass is 16.5. The lowest BCUT2D eigenvalue weighted by Gasteiger charge is -2.35. The third-order valence-corrected chi connectivity index (χ3v) is 7.50. The van der Waals surface area contributed by atoms with Gasteiger partial charge in [-0.2, -0.15) is 0 Å². The summed E-state index contributed by atoms with van der Waals surface area (Å²) in [5, 5.41) is 23.8. The SMILES string of the molecule is COc1cc(C(CC(=O)NCC(c2ccc(N(C)C)cc2)N2CCCCC2)c2oc(C)cc(=O)c2O)ccc1O. The molecule has 1 fully saturated rings. The van der Waals surface area contributed by atoms with E-state index in [1.165, 1.54) is 25.7 Å². The van der Waals surface area contributed by atoms with Crippen molar-refractivity contribution >= 4 is 11.6 Å². The molecule has 0 saturated carbocycles. The number of ether oxygens (including phenoxy) is 1. The van der Waals surface area contributed by atoms with Crippen LogP contribution >= 0.6 is 0 Å². The molecule has 3 aromatic rings. The molecule has 1 aliphatic rings. The van der Waals surface area contributed by atoms with E-state index in [0.29, 0.717) is 17.9 Å². The number of rotatable bonds is 10. The number of hydrogen-bond acceptors (Lipinski definition) is 8. The molecule has 2 aromatic carbocycles. The topological polar surface area (TPSA) is 115 Å². The average Bonchev–Trinajstić information content (AvgIpc) is 2.95. The first-order valence-electron chi connectivity index (χ1n) is 13.7. The number of carbonyl (C=O) groups is 1. The molecule has 9 nitrogen and oxygen atoms in total. The summed E-state index contributed by atoms with van der Waals surface area (Å²) in [6, 6.07) is 14.3. The molecule has 2 unspecified atom stereocenters. The second kappa shape index (κ2) is 12.9. The Morgan fingerprint density at radius 1 is 1.05 bits per heavy atom. The molecule has 1 aliphatic heterocycles. The molecular weight excluding hydrogens is 510 g/mol. The Hall–Kier alpha value is -3.98. The van der Waals surface area contributed by atoms with Crippen molar-refractivity contribution < 1.29 is 24.2 Å². The molecule has 40 heavy (non-hydrogen) atoms. The molecule has 214 valence electrons.